The minimum absolute atomic E-state index is 0.00354. The van der Waals surface area contributed by atoms with Crippen molar-refractivity contribution in [3.8, 4) is 0 Å². The van der Waals surface area contributed by atoms with E-state index in [2.05, 4.69) is 16.5 Å². The zero-order valence-electron chi connectivity index (χ0n) is 14.0. The van der Waals surface area contributed by atoms with Gasteiger partial charge in [0.1, 0.15) is 11.5 Å². The number of hydrogen-bond donors (Lipinski definition) is 1. The Kier molecular flexibility index (Phi) is 3.09. The maximum absolute atomic E-state index is 12.6. The Labute approximate surface area is 136 Å². The van der Waals surface area contributed by atoms with Gasteiger partial charge in [0.15, 0.2) is 5.78 Å². The molecule has 0 aromatic carbocycles. The maximum Gasteiger partial charge on any atom is 0.226 e. The van der Waals surface area contributed by atoms with Crippen LogP contribution in [0.3, 0.4) is 0 Å². The van der Waals surface area contributed by atoms with Gasteiger partial charge in [0, 0.05) is 23.4 Å². The van der Waals surface area contributed by atoms with Gasteiger partial charge in [0.25, 0.3) is 0 Å². The smallest absolute Gasteiger partial charge is 0.226 e. The van der Waals surface area contributed by atoms with Crippen molar-refractivity contribution in [2.45, 2.75) is 39.0 Å². The lowest BCUT2D eigenvalue weighted by molar-refractivity contribution is -0.128. The van der Waals surface area contributed by atoms with Gasteiger partial charge < -0.3 is 9.90 Å². The highest BCUT2D eigenvalue weighted by molar-refractivity contribution is 6.02. The second-order valence-corrected chi connectivity index (χ2v) is 7.31. The van der Waals surface area contributed by atoms with Gasteiger partial charge in [-0.1, -0.05) is 33.4 Å². The molecule has 0 aliphatic heterocycles. The van der Waals surface area contributed by atoms with Crippen LogP contribution in [0.4, 0.5) is 0 Å². The lowest BCUT2D eigenvalue weighted by Gasteiger charge is -2.49. The molecule has 0 bridgehead atoms. The Morgan fingerprint density at radius 3 is 2.74 bits per heavy atom. The largest absolute Gasteiger partial charge is 0.506 e. The summed E-state index contributed by atoms with van der Waals surface area (Å²) in [5.41, 5.74) is 1.57. The summed E-state index contributed by atoms with van der Waals surface area (Å²) in [5.74, 6) is 0.000170. The van der Waals surface area contributed by atoms with Crippen LogP contribution in [-0.4, -0.2) is 20.7 Å². The van der Waals surface area contributed by atoms with Crippen LogP contribution in [0.1, 0.15) is 44.1 Å². The summed E-state index contributed by atoms with van der Waals surface area (Å²) >= 11 is 0. The highest BCUT2D eigenvalue weighted by Crippen LogP contribution is 2.55. The molecule has 5 nitrogen and oxygen atoms in total. The van der Waals surface area contributed by atoms with Gasteiger partial charge >= 0.3 is 0 Å². The number of aliphatic hydroxyl groups excluding tert-OH is 1. The van der Waals surface area contributed by atoms with Gasteiger partial charge in [-0.05, 0) is 18.8 Å². The third-order valence-electron chi connectivity index (χ3n) is 5.58. The number of ketones is 1. The van der Waals surface area contributed by atoms with Crippen LogP contribution in [0.2, 0.25) is 0 Å². The Hall–Kier alpha value is -2.35. The van der Waals surface area contributed by atoms with Crippen LogP contribution >= 0.6 is 0 Å². The zero-order chi connectivity index (χ0) is 17.2. The molecule has 2 aliphatic rings. The van der Waals surface area contributed by atoms with Crippen LogP contribution < -0.4 is 0 Å². The fourth-order valence-electron chi connectivity index (χ4n) is 4.55. The number of rotatable bonds is 1. The summed E-state index contributed by atoms with van der Waals surface area (Å²) < 4.78 is 1.65. The molecule has 2 atom stereocenters. The molecule has 0 saturated carbocycles. The number of aromatic nitrogens is 2. The number of aliphatic hydroxyl groups is 1. The number of allylic oxidation sites excluding steroid dienone is 2. The third-order valence-corrected chi connectivity index (χ3v) is 5.58. The van der Waals surface area contributed by atoms with Crippen LogP contribution in [0, 0.1) is 17.9 Å². The highest BCUT2D eigenvalue weighted by Gasteiger charge is 2.55. The van der Waals surface area contributed by atoms with E-state index in [-0.39, 0.29) is 23.2 Å². The molecular weight excluding hydrogens is 290 g/mol. The van der Waals surface area contributed by atoms with Crippen molar-refractivity contribution in [1.82, 2.24) is 9.78 Å². The normalized spacial score (nSPS) is 28.4. The summed E-state index contributed by atoms with van der Waals surface area (Å²) in [6, 6.07) is 0. The number of nitrogens with zero attached hydrogens (tertiary/aromatic N) is 3. The molecule has 0 unspecified atom stereocenters. The summed E-state index contributed by atoms with van der Waals surface area (Å²) in [5, 5.41) is 14.5. The molecule has 0 saturated heterocycles. The average Bonchev–Trinajstić information content (AvgIpc) is 2.80. The molecule has 0 spiro atoms. The molecule has 0 amide bonds. The van der Waals surface area contributed by atoms with Crippen molar-refractivity contribution in [2.75, 3.05) is 0 Å². The van der Waals surface area contributed by atoms with Crippen LogP contribution in [-0.2, 0) is 23.7 Å². The fourth-order valence-corrected chi connectivity index (χ4v) is 4.55. The molecule has 1 heterocycles. The average molecular weight is 311 g/mol. The van der Waals surface area contributed by atoms with Crippen molar-refractivity contribution >= 4 is 11.5 Å². The first-order valence-corrected chi connectivity index (χ1v) is 7.74. The predicted molar refractivity (Wildman–Crippen MR) is 87.5 cm³/mol. The monoisotopic (exact) mass is 311 g/mol. The summed E-state index contributed by atoms with van der Waals surface area (Å²) in [7, 11) is 1.78. The molecule has 1 aromatic heterocycles. The minimum atomic E-state index is -0.602. The maximum atomic E-state index is 12.6. The number of carbonyl (C=O) groups excluding carboxylic acids is 1. The summed E-state index contributed by atoms with van der Waals surface area (Å²) in [6.07, 6.45) is 3.35. The van der Waals surface area contributed by atoms with Crippen molar-refractivity contribution in [3.05, 3.63) is 46.7 Å². The van der Waals surface area contributed by atoms with Crippen LogP contribution in [0.25, 0.3) is 10.6 Å². The third kappa shape index (κ3) is 1.84. The van der Waals surface area contributed by atoms with Crippen molar-refractivity contribution in [1.29, 1.82) is 0 Å². The second kappa shape index (κ2) is 4.58. The molecule has 1 N–H and O–H groups in total. The van der Waals surface area contributed by atoms with Crippen LogP contribution in [0.15, 0.2) is 18.4 Å². The lowest BCUT2D eigenvalue weighted by atomic mass is 9.53. The van der Waals surface area contributed by atoms with E-state index in [0.717, 1.165) is 24.1 Å². The van der Waals surface area contributed by atoms with Crippen LogP contribution in [0.5, 0.6) is 0 Å². The molecule has 1 aromatic rings. The molecule has 0 radical (unpaired) electrons. The van der Waals surface area contributed by atoms with E-state index in [1.807, 2.05) is 20.8 Å². The fraction of sp³-hybridized carbons (Fsp3) is 0.500. The molecule has 5 heteroatoms. The first-order valence-electron chi connectivity index (χ1n) is 7.74. The molecule has 0 fully saturated rings. The summed E-state index contributed by atoms with van der Waals surface area (Å²) in [6.45, 7) is 16.9. The number of aryl methyl sites for hydroxylation is 1. The van der Waals surface area contributed by atoms with Gasteiger partial charge in [0.2, 0.25) is 5.70 Å². The Balaban J connectivity index is 2.31. The van der Waals surface area contributed by atoms with Crippen molar-refractivity contribution < 1.29 is 9.90 Å². The summed E-state index contributed by atoms with van der Waals surface area (Å²) in [4.78, 5) is 16.1. The molecule has 3 rings (SSSR count). The Morgan fingerprint density at radius 2 is 2.17 bits per heavy atom. The predicted octanol–water partition coefficient (Wildman–Crippen LogP) is 3.18. The topological polar surface area (TPSA) is 59.5 Å². The first-order chi connectivity index (χ1) is 10.6. The van der Waals surface area contributed by atoms with E-state index in [1.165, 1.54) is 0 Å². The van der Waals surface area contributed by atoms with Gasteiger partial charge in [-0.2, -0.15) is 5.10 Å². The lowest BCUT2D eigenvalue weighted by Crippen LogP contribution is -2.50. The van der Waals surface area contributed by atoms with Gasteiger partial charge in [-0.25, -0.2) is 4.85 Å². The molecule has 2 aliphatic carbocycles. The number of fused-ring (bicyclic) bond motifs is 3. The van der Waals surface area contributed by atoms with E-state index in [0.29, 0.717) is 5.69 Å². The van der Waals surface area contributed by atoms with E-state index in [1.54, 1.807) is 17.8 Å². The number of carbonyl (C=O) groups is 1. The number of hydrogen-bond acceptors (Lipinski definition) is 3. The molecule has 23 heavy (non-hydrogen) atoms. The second-order valence-electron chi connectivity index (χ2n) is 7.31. The quantitative estimate of drug-likeness (QED) is 0.640. The van der Waals surface area contributed by atoms with E-state index in [4.69, 9.17) is 6.57 Å². The molecular formula is C18H21N3O2. The first kappa shape index (κ1) is 15.5. The van der Waals surface area contributed by atoms with E-state index in [9.17, 15) is 9.90 Å². The van der Waals surface area contributed by atoms with Crippen molar-refractivity contribution in [2.24, 2.45) is 18.4 Å². The molecule has 120 valence electrons. The SMILES string of the molecule is [C-]#[N+]C1=C[C@]2(C)c3nn(C)c(C(=C)O)c3CC[C@H]2C(C)(C)C1=O. The Bertz CT molecular complexity index is 807. The minimum Gasteiger partial charge on any atom is -0.506 e. The standard InChI is InChI=1S/C18H21N3O2/c1-10(22)14-11-7-8-13-17(2,3)16(23)12(19-5)9-18(13,4)15(11)20-21(14)6/h9,13,22H,1,7-8H2,2-4,6H3/t13-,18-/m0/s1. The van der Waals surface area contributed by atoms with Crippen molar-refractivity contribution in [3.63, 3.8) is 0 Å². The highest BCUT2D eigenvalue weighted by atomic mass is 16.3. The van der Waals surface area contributed by atoms with Gasteiger partial charge in [-0.15, -0.1) is 0 Å². The van der Waals surface area contributed by atoms with Gasteiger partial charge in [-0.3, -0.25) is 4.68 Å². The number of Topliss-reactive ketones (excluding diaryl/α,β-unsaturated/α-hetero) is 1. The Morgan fingerprint density at radius 1 is 1.52 bits per heavy atom. The van der Waals surface area contributed by atoms with Gasteiger partial charge in [0.05, 0.1) is 12.3 Å². The van der Waals surface area contributed by atoms with E-state index < -0.39 is 10.8 Å². The zero-order valence-corrected chi connectivity index (χ0v) is 14.0. The van der Waals surface area contributed by atoms with E-state index >= 15 is 0 Å².